The van der Waals surface area contributed by atoms with Crippen molar-refractivity contribution in [1.29, 1.82) is 0 Å². The first kappa shape index (κ1) is 73.2. The molecule has 25 nitrogen and oxygen atoms in total. The Morgan fingerprint density at radius 2 is 0.869 bits per heavy atom. The molecule has 4 aliphatic rings. The average Bonchev–Trinajstić information content (AvgIpc) is 1.35. The lowest BCUT2D eigenvalue weighted by molar-refractivity contribution is -0.207. The number of rotatable bonds is 49. The highest BCUT2D eigenvalue weighted by Gasteiger charge is 2.65. The Balaban J connectivity index is 1.14. The fourth-order valence-corrected chi connectivity index (χ4v) is 12.5. The maximum Gasteiger partial charge on any atom is 0.308 e. The predicted octanol–water partition coefficient (Wildman–Crippen LogP) is 3.38. The van der Waals surface area contributed by atoms with Gasteiger partial charge in [-0.3, -0.25) is 24.0 Å². The molecule has 0 amide bonds. The van der Waals surface area contributed by atoms with E-state index in [1.807, 2.05) is 0 Å². The summed E-state index contributed by atoms with van der Waals surface area (Å²) in [6.07, 6.45) is 1.65. The van der Waals surface area contributed by atoms with Crippen molar-refractivity contribution in [3.8, 4) is 0 Å². The van der Waals surface area contributed by atoms with Gasteiger partial charge in [-0.05, 0) is 97.7 Å². The second-order valence-corrected chi connectivity index (χ2v) is 22.5. The minimum atomic E-state index is -1.25. The minimum absolute atomic E-state index is 0.0223. The molecular formula is C59H102O25. The van der Waals surface area contributed by atoms with Gasteiger partial charge in [0.05, 0.1) is 176 Å². The van der Waals surface area contributed by atoms with Crippen molar-refractivity contribution in [2.24, 2.45) is 46.3 Å². The summed E-state index contributed by atoms with van der Waals surface area (Å²) in [4.78, 5) is 63.9. The van der Waals surface area contributed by atoms with Crippen molar-refractivity contribution in [2.75, 3.05) is 173 Å². The van der Waals surface area contributed by atoms with Crippen molar-refractivity contribution < 1.29 is 120 Å². The van der Waals surface area contributed by atoms with E-state index in [4.69, 9.17) is 80.5 Å². The molecule has 0 spiro atoms. The van der Waals surface area contributed by atoms with E-state index in [0.29, 0.717) is 131 Å². The highest BCUT2D eigenvalue weighted by Crippen LogP contribution is 2.68. The van der Waals surface area contributed by atoms with Gasteiger partial charge in [0, 0.05) is 20.6 Å². The highest BCUT2D eigenvalue weighted by molar-refractivity contribution is 5.78. The van der Waals surface area contributed by atoms with Crippen LogP contribution in [0, 0.1) is 46.3 Å². The van der Waals surface area contributed by atoms with Crippen LogP contribution < -0.4 is 0 Å². The van der Waals surface area contributed by atoms with E-state index in [1.54, 1.807) is 14.2 Å². The molecule has 0 saturated heterocycles. The molecule has 0 bridgehead atoms. The van der Waals surface area contributed by atoms with Gasteiger partial charge in [0.1, 0.15) is 13.2 Å². The molecule has 4 fully saturated rings. The zero-order chi connectivity index (χ0) is 60.8. The molecule has 0 radical (unpaired) electrons. The number of ether oxygens (including phenoxy) is 17. The summed E-state index contributed by atoms with van der Waals surface area (Å²) in [5.74, 6) is -3.01. The Labute approximate surface area is 496 Å². The number of carbonyl (C=O) groups excluding carboxylic acids is 5. The van der Waals surface area contributed by atoms with Gasteiger partial charge in [-0.15, -0.1) is 0 Å². The number of carbonyl (C=O) groups is 5. The van der Waals surface area contributed by atoms with Crippen molar-refractivity contribution >= 4 is 29.8 Å². The van der Waals surface area contributed by atoms with Gasteiger partial charge < -0.3 is 95.8 Å². The van der Waals surface area contributed by atoms with Gasteiger partial charge in [0.15, 0.2) is 19.7 Å². The Morgan fingerprint density at radius 3 is 1.32 bits per heavy atom. The Bertz CT molecular complexity index is 1810. The van der Waals surface area contributed by atoms with Gasteiger partial charge >= 0.3 is 29.8 Å². The molecule has 12 unspecified atom stereocenters. The van der Waals surface area contributed by atoms with E-state index in [2.05, 4.69) is 20.8 Å². The fourth-order valence-electron chi connectivity index (χ4n) is 12.5. The smallest absolute Gasteiger partial charge is 0.308 e. The first-order valence-electron chi connectivity index (χ1n) is 30.2. The predicted molar refractivity (Wildman–Crippen MR) is 297 cm³/mol. The molecule has 25 heteroatoms. The molecule has 0 aromatic heterocycles. The largest absolute Gasteiger partial charge is 0.462 e. The quantitative estimate of drug-likeness (QED) is 0.0340. The molecule has 12 atom stereocenters. The van der Waals surface area contributed by atoms with E-state index in [1.165, 1.54) is 0 Å². The van der Waals surface area contributed by atoms with Crippen LogP contribution in [0.4, 0.5) is 0 Å². The summed E-state index contributed by atoms with van der Waals surface area (Å²) >= 11 is 0. The van der Waals surface area contributed by atoms with Crippen LogP contribution in [0.2, 0.25) is 0 Å². The summed E-state index contributed by atoms with van der Waals surface area (Å²) in [7, 11) is 3.22. The molecule has 3 N–H and O–H groups in total. The average molecular weight is 1210 g/mol. The van der Waals surface area contributed by atoms with Crippen LogP contribution in [0.3, 0.4) is 0 Å². The van der Waals surface area contributed by atoms with Gasteiger partial charge in [-0.2, -0.15) is 0 Å². The molecule has 0 aliphatic heterocycles. The molecule has 0 aromatic carbocycles. The maximum atomic E-state index is 13.3. The maximum absolute atomic E-state index is 13.3. The number of methoxy groups -OCH3 is 2. The normalized spacial score (nSPS) is 26.1. The van der Waals surface area contributed by atoms with Crippen LogP contribution in [0.1, 0.15) is 104 Å². The van der Waals surface area contributed by atoms with Crippen LogP contribution in [-0.2, 0) is 104 Å². The Kier molecular flexibility index (Phi) is 37.1. The second-order valence-electron chi connectivity index (χ2n) is 22.5. The lowest BCUT2D eigenvalue weighted by Crippen LogP contribution is -2.62. The standard InChI is InChI=1S/C59H102O25/c1-43(47-7-8-48-57-49(38-51(62)59(47,48)3)58(2)15-14-45(60)36-44(58)37-50(57)61)6-9-52(63)80-39-46(84-56(67)13-12-55(66)83-42-79-35-33-77-31-29-75-27-25-73-23-21-71-19-17-69-5)40-81-53(64)10-11-54(65)82-41-78-34-32-76-30-28-74-26-24-72-22-20-70-18-16-68-4/h43-51,57,60-62H,6-42H2,1-5H3. The number of aliphatic hydroxyl groups is 3. The first-order chi connectivity index (χ1) is 40.6. The number of aliphatic hydroxyl groups excluding tert-OH is 3. The highest BCUT2D eigenvalue weighted by atomic mass is 16.7. The molecule has 0 heterocycles. The summed E-state index contributed by atoms with van der Waals surface area (Å²) in [5.41, 5.74) is -0.501. The summed E-state index contributed by atoms with van der Waals surface area (Å²) in [5, 5.41) is 34.2. The fraction of sp³-hybridized carbons (Fsp3) is 0.915. The van der Waals surface area contributed by atoms with Gasteiger partial charge in [-0.1, -0.05) is 20.8 Å². The minimum Gasteiger partial charge on any atom is -0.462 e. The topological polar surface area (TPSA) is 303 Å². The lowest BCUT2D eigenvalue weighted by Gasteiger charge is -2.63. The summed E-state index contributed by atoms with van der Waals surface area (Å²) in [6, 6.07) is 0. The number of esters is 5. The van der Waals surface area contributed by atoms with Crippen molar-refractivity contribution in [1.82, 2.24) is 0 Å². The Hall–Kier alpha value is -3.25. The molecular weight excluding hydrogens is 1110 g/mol. The van der Waals surface area contributed by atoms with Crippen molar-refractivity contribution in [3.63, 3.8) is 0 Å². The zero-order valence-electron chi connectivity index (χ0n) is 50.8. The van der Waals surface area contributed by atoms with E-state index < -0.39 is 73.2 Å². The van der Waals surface area contributed by atoms with Crippen molar-refractivity contribution in [3.05, 3.63) is 0 Å². The lowest BCUT2D eigenvalue weighted by atomic mass is 9.43. The van der Waals surface area contributed by atoms with Crippen LogP contribution in [-0.4, -0.2) is 243 Å². The van der Waals surface area contributed by atoms with Crippen LogP contribution in [0.15, 0.2) is 0 Å². The number of hydrogen-bond donors (Lipinski definition) is 3. The van der Waals surface area contributed by atoms with Crippen LogP contribution in [0.5, 0.6) is 0 Å². The summed E-state index contributed by atoms with van der Waals surface area (Å²) in [6.45, 7) is 12.6. The zero-order valence-corrected chi connectivity index (χ0v) is 50.8. The molecule has 488 valence electrons. The first-order valence-corrected chi connectivity index (χ1v) is 30.2. The van der Waals surface area contributed by atoms with Gasteiger partial charge in [-0.25, -0.2) is 0 Å². The Morgan fingerprint density at radius 1 is 0.464 bits per heavy atom. The van der Waals surface area contributed by atoms with E-state index in [-0.39, 0.29) is 113 Å². The third kappa shape index (κ3) is 27.0. The van der Waals surface area contributed by atoms with E-state index in [0.717, 1.165) is 25.7 Å². The number of hydrogen-bond acceptors (Lipinski definition) is 25. The number of fused-ring (bicyclic) bond motifs is 5. The van der Waals surface area contributed by atoms with E-state index in [9.17, 15) is 39.3 Å². The van der Waals surface area contributed by atoms with Gasteiger partial charge in [0.2, 0.25) is 0 Å². The molecule has 4 aliphatic carbocycles. The molecule has 84 heavy (non-hydrogen) atoms. The van der Waals surface area contributed by atoms with Gasteiger partial charge in [0.25, 0.3) is 0 Å². The van der Waals surface area contributed by atoms with Crippen LogP contribution >= 0.6 is 0 Å². The second kappa shape index (κ2) is 42.6. The van der Waals surface area contributed by atoms with Crippen molar-refractivity contribution in [2.45, 2.75) is 129 Å². The molecule has 4 rings (SSSR count). The summed E-state index contributed by atoms with van der Waals surface area (Å²) < 4.78 is 90.2. The third-order valence-electron chi connectivity index (χ3n) is 17.0. The SMILES string of the molecule is COCCOCCOCCOCCOCCOCOC(=O)CCC(=O)OCC(COC(=O)CCC(C)C1CCC2C3C(O)CC4CC(O)CCC4(C)C3CC(O)C12C)OC(=O)CCC(=O)OCOCCOCCOCCOCCOCCOC. The third-order valence-corrected chi connectivity index (χ3v) is 17.0. The molecule has 0 aromatic rings. The van der Waals surface area contributed by atoms with E-state index >= 15 is 0 Å². The van der Waals surface area contributed by atoms with Crippen LogP contribution in [0.25, 0.3) is 0 Å². The molecule has 4 saturated carbocycles. The monoisotopic (exact) mass is 1210 g/mol.